The van der Waals surface area contributed by atoms with E-state index in [1.165, 1.54) is 0 Å². The van der Waals surface area contributed by atoms with Crippen molar-refractivity contribution >= 4 is 11.6 Å². The quantitative estimate of drug-likeness (QED) is 0.747. The molecule has 0 aromatic heterocycles. The minimum atomic E-state index is 0.0140. The number of nitrogens with zero attached hydrogens (tertiary/aromatic N) is 1. The van der Waals surface area contributed by atoms with Crippen molar-refractivity contribution < 1.29 is 9.53 Å². The van der Waals surface area contributed by atoms with Crippen molar-refractivity contribution in [2.45, 2.75) is 6.54 Å². The fourth-order valence-corrected chi connectivity index (χ4v) is 1.83. The first-order chi connectivity index (χ1) is 7.24. The first-order valence-electron chi connectivity index (χ1n) is 4.89. The molecule has 1 aromatic rings. The second kappa shape index (κ2) is 3.90. The highest BCUT2D eigenvalue weighted by Crippen LogP contribution is 2.26. The van der Waals surface area contributed by atoms with Crippen LogP contribution >= 0.6 is 0 Å². The molecule has 4 nitrogen and oxygen atoms in total. The summed E-state index contributed by atoms with van der Waals surface area (Å²) in [7, 11) is 1.63. The number of nitrogens with two attached hydrogens (primary N) is 1. The second-order valence-corrected chi connectivity index (χ2v) is 3.60. The van der Waals surface area contributed by atoms with E-state index in [0.29, 0.717) is 30.9 Å². The van der Waals surface area contributed by atoms with Crippen LogP contribution < -0.4 is 5.73 Å². The summed E-state index contributed by atoms with van der Waals surface area (Å²) >= 11 is 0. The van der Waals surface area contributed by atoms with E-state index < -0.39 is 0 Å². The molecule has 80 valence electrons. The largest absolute Gasteiger partial charge is 0.398 e. The molecule has 0 aliphatic carbocycles. The number of methoxy groups -OCH3 is 1. The molecule has 0 spiro atoms. The first-order valence-corrected chi connectivity index (χ1v) is 4.89. The highest BCUT2D eigenvalue weighted by molar-refractivity contribution is 6.02. The van der Waals surface area contributed by atoms with Crippen molar-refractivity contribution in [3.8, 4) is 0 Å². The number of benzene rings is 1. The molecule has 1 aromatic carbocycles. The number of ether oxygens (including phenoxy) is 1. The van der Waals surface area contributed by atoms with Gasteiger partial charge in [0.2, 0.25) is 0 Å². The summed E-state index contributed by atoms with van der Waals surface area (Å²) < 4.78 is 4.96. The predicted octanol–water partition coefficient (Wildman–Crippen LogP) is 0.871. The summed E-state index contributed by atoms with van der Waals surface area (Å²) in [6.07, 6.45) is 0. The summed E-state index contributed by atoms with van der Waals surface area (Å²) in [5.74, 6) is 0.0140. The average Bonchev–Trinajstić information content (AvgIpc) is 2.54. The van der Waals surface area contributed by atoms with Crippen molar-refractivity contribution in [2.24, 2.45) is 0 Å². The van der Waals surface area contributed by atoms with Gasteiger partial charge in [-0.3, -0.25) is 4.79 Å². The maximum atomic E-state index is 11.9. The van der Waals surface area contributed by atoms with E-state index in [0.717, 1.165) is 5.56 Å². The van der Waals surface area contributed by atoms with Gasteiger partial charge in [-0.05, 0) is 11.6 Å². The smallest absolute Gasteiger partial charge is 0.256 e. The van der Waals surface area contributed by atoms with E-state index in [1.807, 2.05) is 12.1 Å². The van der Waals surface area contributed by atoms with E-state index in [2.05, 4.69) is 0 Å². The molecule has 0 atom stereocenters. The molecule has 0 saturated heterocycles. The Morgan fingerprint density at radius 2 is 2.33 bits per heavy atom. The third-order valence-corrected chi connectivity index (χ3v) is 2.61. The molecule has 4 heteroatoms. The van der Waals surface area contributed by atoms with Gasteiger partial charge in [0.25, 0.3) is 5.91 Å². The minimum absolute atomic E-state index is 0.0140. The number of anilines is 1. The van der Waals surface area contributed by atoms with E-state index >= 15 is 0 Å². The number of carbonyl (C=O) groups is 1. The lowest BCUT2D eigenvalue weighted by Crippen LogP contribution is -2.27. The number of amides is 1. The Morgan fingerprint density at radius 1 is 1.53 bits per heavy atom. The summed E-state index contributed by atoms with van der Waals surface area (Å²) in [5, 5.41) is 0. The van der Waals surface area contributed by atoms with Crippen molar-refractivity contribution in [2.75, 3.05) is 26.0 Å². The van der Waals surface area contributed by atoms with Crippen LogP contribution in [0.1, 0.15) is 15.9 Å². The van der Waals surface area contributed by atoms with Gasteiger partial charge in [-0.25, -0.2) is 0 Å². The number of nitrogen functional groups attached to an aromatic ring is 1. The first kappa shape index (κ1) is 9.98. The van der Waals surface area contributed by atoms with Gasteiger partial charge < -0.3 is 15.4 Å². The Kier molecular flexibility index (Phi) is 2.60. The summed E-state index contributed by atoms with van der Waals surface area (Å²) in [6.45, 7) is 1.81. The van der Waals surface area contributed by atoms with Gasteiger partial charge in [0, 0.05) is 25.9 Å². The second-order valence-electron chi connectivity index (χ2n) is 3.60. The van der Waals surface area contributed by atoms with E-state index in [9.17, 15) is 4.79 Å². The molecule has 0 unspecified atom stereocenters. The molecule has 1 aliphatic rings. The lowest BCUT2D eigenvalue weighted by Gasteiger charge is -2.14. The summed E-state index contributed by atoms with van der Waals surface area (Å²) in [4.78, 5) is 13.7. The zero-order chi connectivity index (χ0) is 10.8. The van der Waals surface area contributed by atoms with Crippen LogP contribution in [0.3, 0.4) is 0 Å². The number of rotatable bonds is 3. The monoisotopic (exact) mass is 206 g/mol. The number of fused-ring (bicyclic) bond motifs is 1. The highest BCUT2D eigenvalue weighted by Gasteiger charge is 2.28. The molecule has 15 heavy (non-hydrogen) atoms. The van der Waals surface area contributed by atoms with Crippen molar-refractivity contribution in [3.05, 3.63) is 29.3 Å². The predicted molar refractivity (Wildman–Crippen MR) is 57.5 cm³/mol. The van der Waals surface area contributed by atoms with Gasteiger partial charge in [-0.15, -0.1) is 0 Å². The van der Waals surface area contributed by atoms with E-state index in [1.54, 1.807) is 18.1 Å². The third-order valence-electron chi connectivity index (χ3n) is 2.61. The Bertz CT molecular complexity index is 390. The van der Waals surface area contributed by atoms with E-state index in [-0.39, 0.29) is 5.91 Å². The van der Waals surface area contributed by atoms with Gasteiger partial charge in [-0.1, -0.05) is 12.1 Å². The Labute approximate surface area is 88.6 Å². The van der Waals surface area contributed by atoms with Crippen LogP contribution in [0, 0.1) is 0 Å². The van der Waals surface area contributed by atoms with Crippen molar-refractivity contribution in [1.82, 2.24) is 4.90 Å². The topological polar surface area (TPSA) is 55.6 Å². The number of hydrogen-bond donors (Lipinski definition) is 1. The number of carbonyl (C=O) groups excluding carboxylic acids is 1. The lowest BCUT2D eigenvalue weighted by molar-refractivity contribution is 0.0720. The van der Waals surface area contributed by atoms with Crippen LogP contribution in [-0.4, -0.2) is 31.1 Å². The van der Waals surface area contributed by atoms with Gasteiger partial charge in [0.15, 0.2) is 0 Å². The molecular weight excluding hydrogens is 192 g/mol. The molecule has 0 fully saturated rings. The molecule has 0 saturated carbocycles. The fourth-order valence-electron chi connectivity index (χ4n) is 1.83. The third kappa shape index (κ3) is 1.68. The van der Waals surface area contributed by atoms with Gasteiger partial charge >= 0.3 is 0 Å². The Hall–Kier alpha value is -1.55. The molecular formula is C11H14N2O2. The van der Waals surface area contributed by atoms with Crippen molar-refractivity contribution in [3.63, 3.8) is 0 Å². The average molecular weight is 206 g/mol. The van der Waals surface area contributed by atoms with Crippen LogP contribution in [0.4, 0.5) is 5.69 Å². The molecule has 0 radical (unpaired) electrons. The van der Waals surface area contributed by atoms with Gasteiger partial charge in [0.05, 0.1) is 12.2 Å². The van der Waals surface area contributed by atoms with Crippen LogP contribution in [0.5, 0.6) is 0 Å². The maximum absolute atomic E-state index is 11.9. The summed E-state index contributed by atoms with van der Waals surface area (Å²) in [5.41, 5.74) is 8.01. The van der Waals surface area contributed by atoms with Gasteiger partial charge in [0.1, 0.15) is 0 Å². The van der Waals surface area contributed by atoms with Crippen LogP contribution in [-0.2, 0) is 11.3 Å². The zero-order valence-electron chi connectivity index (χ0n) is 8.69. The molecule has 1 aliphatic heterocycles. The maximum Gasteiger partial charge on any atom is 0.256 e. The van der Waals surface area contributed by atoms with Crippen molar-refractivity contribution in [1.29, 1.82) is 0 Å². The van der Waals surface area contributed by atoms with Gasteiger partial charge in [-0.2, -0.15) is 0 Å². The Morgan fingerprint density at radius 3 is 3.00 bits per heavy atom. The standard InChI is InChI=1S/C11H14N2O2/c1-15-6-5-13-7-8-3-2-4-9(12)10(8)11(13)14/h2-4H,5-7,12H2,1H3. The summed E-state index contributed by atoms with van der Waals surface area (Å²) in [6, 6.07) is 5.58. The highest BCUT2D eigenvalue weighted by atomic mass is 16.5. The molecule has 0 bridgehead atoms. The fraction of sp³-hybridized carbons (Fsp3) is 0.364. The zero-order valence-corrected chi connectivity index (χ0v) is 8.69. The molecule has 1 heterocycles. The number of hydrogen-bond acceptors (Lipinski definition) is 3. The molecule has 1 amide bonds. The Balaban J connectivity index is 2.22. The normalized spacial score (nSPS) is 14.5. The van der Waals surface area contributed by atoms with E-state index in [4.69, 9.17) is 10.5 Å². The minimum Gasteiger partial charge on any atom is -0.398 e. The molecule has 2 rings (SSSR count). The van der Waals surface area contributed by atoms with Crippen LogP contribution in [0.15, 0.2) is 18.2 Å². The molecule has 2 N–H and O–H groups in total. The van der Waals surface area contributed by atoms with Crippen LogP contribution in [0.2, 0.25) is 0 Å². The van der Waals surface area contributed by atoms with Crippen LogP contribution in [0.25, 0.3) is 0 Å². The lowest BCUT2D eigenvalue weighted by atomic mass is 10.1. The SMILES string of the molecule is COCCN1Cc2cccc(N)c2C1=O.